The minimum atomic E-state index is -0.0874. The fourth-order valence-corrected chi connectivity index (χ4v) is 3.05. The van der Waals surface area contributed by atoms with E-state index in [0.29, 0.717) is 12.1 Å². The maximum atomic E-state index is 12.3. The van der Waals surface area contributed by atoms with E-state index in [2.05, 4.69) is 21.4 Å². The SMILES string of the molecule is CSc1ncccc1C(=O)NCCc1cccc2cccnc12. The molecule has 1 aromatic carbocycles. The normalized spacial score (nSPS) is 10.7. The monoisotopic (exact) mass is 323 g/mol. The van der Waals surface area contributed by atoms with E-state index in [4.69, 9.17) is 0 Å². The van der Waals surface area contributed by atoms with Crippen LogP contribution in [-0.4, -0.2) is 28.7 Å². The predicted molar refractivity (Wildman–Crippen MR) is 93.8 cm³/mol. The van der Waals surface area contributed by atoms with Crippen LogP contribution in [0.25, 0.3) is 10.9 Å². The number of nitrogens with one attached hydrogen (secondary N) is 1. The van der Waals surface area contributed by atoms with Crippen molar-refractivity contribution in [1.82, 2.24) is 15.3 Å². The van der Waals surface area contributed by atoms with Gasteiger partial charge in [0.05, 0.1) is 11.1 Å². The fraction of sp³-hybridized carbons (Fsp3) is 0.167. The van der Waals surface area contributed by atoms with Gasteiger partial charge in [-0.15, -0.1) is 11.8 Å². The number of carbonyl (C=O) groups excluding carboxylic acids is 1. The topological polar surface area (TPSA) is 54.9 Å². The van der Waals surface area contributed by atoms with Crippen LogP contribution in [0.4, 0.5) is 0 Å². The summed E-state index contributed by atoms with van der Waals surface area (Å²) in [5.41, 5.74) is 2.76. The molecule has 0 radical (unpaired) electrons. The highest BCUT2D eigenvalue weighted by molar-refractivity contribution is 7.98. The zero-order chi connectivity index (χ0) is 16.1. The van der Waals surface area contributed by atoms with E-state index >= 15 is 0 Å². The lowest BCUT2D eigenvalue weighted by atomic mass is 10.1. The Hall–Kier alpha value is -2.40. The van der Waals surface area contributed by atoms with Gasteiger partial charge in [0.25, 0.3) is 5.91 Å². The van der Waals surface area contributed by atoms with Gasteiger partial charge >= 0.3 is 0 Å². The number of para-hydroxylation sites is 1. The first-order valence-electron chi connectivity index (χ1n) is 7.39. The molecule has 4 nitrogen and oxygen atoms in total. The molecule has 3 rings (SSSR count). The van der Waals surface area contributed by atoms with Crippen LogP contribution in [0.1, 0.15) is 15.9 Å². The third-order valence-corrected chi connectivity index (χ3v) is 4.32. The Morgan fingerprint density at radius 1 is 1.09 bits per heavy atom. The minimum absolute atomic E-state index is 0.0874. The van der Waals surface area contributed by atoms with Crippen molar-refractivity contribution >= 4 is 28.6 Å². The van der Waals surface area contributed by atoms with Gasteiger partial charge in [-0.3, -0.25) is 9.78 Å². The second-order valence-electron chi connectivity index (χ2n) is 5.06. The smallest absolute Gasteiger partial charge is 0.254 e. The highest BCUT2D eigenvalue weighted by Gasteiger charge is 2.11. The van der Waals surface area contributed by atoms with Crippen molar-refractivity contribution in [1.29, 1.82) is 0 Å². The average molecular weight is 323 g/mol. The van der Waals surface area contributed by atoms with Crippen LogP contribution < -0.4 is 5.32 Å². The number of thioether (sulfide) groups is 1. The molecule has 0 unspecified atom stereocenters. The lowest BCUT2D eigenvalue weighted by Gasteiger charge is -2.09. The summed E-state index contributed by atoms with van der Waals surface area (Å²) in [7, 11) is 0. The lowest BCUT2D eigenvalue weighted by Crippen LogP contribution is -2.26. The summed E-state index contributed by atoms with van der Waals surface area (Å²) < 4.78 is 0. The summed E-state index contributed by atoms with van der Waals surface area (Å²) >= 11 is 1.47. The molecule has 23 heavy (non-hydrogen) atoms. The number of nitrogens with zero attached hydrogens (tertiary/aromatic N) is 2. The van der Waals surface area contributed by atoms with Crippen LogP contribution in [0.5, 0.6) is 0 Å². The van der Waals surface area contributed by atoms with Crippen molar-refractivity contribution in [2.75, 3.05) is 12.8 Å². The van der Waals surface area contributed by atoms with Crippen molar-refractivity contribution in [2.45, 2.75) is 11.4 Å². The van der Waals surface area contributed by atoms with E-state index in [-0.39, 0.29) is 5.91 Å². The third kappa shape index (κ3) is 3.51. The zero-order valence-corrected chi connectivity index (χ0v) is 13.6. The summed E-state index contributed by atoms with van der Waals surface area (Å²) in [6.45, 7) is 0.567. The van der Waals surface area contributed by atoms with Crippen molar-refractivity contribution < 1.29 is 4.79 Å². The molecular weight excluding hydrogens is 306 g/mol. The Morgan fingerprint density at radius 2 is 1.87 bits per heavy atom. The summed E-state index contributed by atoms with van der Waals surface area (Å²) in [6.07, 6.45) is 6.16. The molecule has 0 atom stereocenters. The molecule has 1 amide bonds. The number of hydrogen-bond donors (Lipinski definition) is 1. The zero-order valence-electron chi connectivity index (χ0n) is 12.8. The lowest BCUT2D eigenvalue weighted by molar-refractivity contribution is 0.0950. The van der Waals surface area contributed by atoms with Gasteiger partial charge in [0.1, 0.15) is 5.03 Å². The Kier molecular flexibility index (Phi) is 4.88. The van der Waals surface area contributed by atoms with Crippen molar-refractivity contribution in [3.63, 3.8) is 0 Å². The Labute approximate surface area is 139 Å². The van der Waals surface area contributed by atoms with Crippen LogP contribution in [0, 0.1) is 0 Å². The molecule has 5 heteroatoms. The highest BCUT2D eigenvalue weighted by atomic mass is 32.2. The molecule has 0 aliphatic heterocycles. The van der Waals surface area contributed by atoms with Crippen molar-refractivity contribution in [2.24, 2.45) is 0 Å². The third-order valence-electron chi connectivity index (χ3n) is 3.61. The number of hydrogen-bond acceptors (Lipinski definition) is 4. The molecule has 0 aliphatic rings. The van der Waals surface area contributed by atoms with Gasteiger partial charge in [0.15, 0.2) is 0 Å². The number of rotatable bonds is 5. The van der Waals surface area contributed by atoms with Gasteiger partial charge in [-0.25, -0.2) is 4.98 Å². The molecular formula is C18H17N3OS. The summed E-state index contributed by atoms with van der Waals surface area (Å²) in [6, 6.07) is 13.7. The van der Waals surface area contributed by atoms with Crippen molar-refractivity contribution in [3.8, 4) is 0 Å². The molecule has 0 aliphatic carbocycles. The molecule has 1 N–H and O–H groups in total. The number of fused-ring (bicyclic) bond motifs is 1. The first kappa shape index (κ1) is 15.5. The number of aromatic nitrogens is 2. The van der Waals surface area contributed by atoms with Gasteiger partial charge in [-0.05, 0) is 36.4 Å². The Morgan fingerprint density at radius 3 is 2.74 bits per heavy atom. The van der Waals surface area contributed by atoms with E-state index in [1.807, 2.05) is 30.5 Å². The van der Waals surface area contributed by atoms with Crippen LogP contribution in [0.3, 0.4) is 0 Å². The number of carbonyl (C=O) groups is 1. The van der Waals surface area contributed by atoms with Crippen LogP contribution >= 0.6 is 11.8 Å². The summed E-state index contributed by atoms with van der Waals surface area (Å²) in [5, 5.41) is 4.83. The van der Waals surface area contributed by atoms with E-state index in [0.717, 1.165) is 27.9 Å². The minimum Gasteiger partial charge on any atom is -0.352 e. The second-order valence-corrected chi connectivity index (χ2v) is 5.85. The summed E-state index contributed by atoms with van der Waals surface area (Å²) in [4.78, 5) is 21.0. The highest BCUT2D eigenvalue weighted by Crippen LogP contribution is 2.17. The molecule has 0 saturated carbocycles. The van der Waals surface area contributed by atoms with Gasteiger partial charge < -0.3 is 5.32 Å². The van der Waals surface area contributed by atoms with Crippen molar-refractivity contribution in [3.05, 3.63) is 66.0 Å². The van der Waals surface area contributed by atoms with Gasteiger partial charge in [-0.2, -0.15) is 0 Å². The second kappa shape index (κ2) is 7.24. The maximum Gasteiger partial charge on any atom is 0.254 e. The first-order chi connectivity index (χ1) is 11.3. The van der Waals surface area contributed by atoms with Gasteiger partial charge in [0.2, 0.25) is 0 Å². The molecule has 2 aromatic heterocycles. The Balaban J connectivity index is 1.68. The molecule has 0 saturated heterocycles. The predicted octanol–water partition coefficient (Wildman–Crippen LogP) is 3.32. The van der Waals surface area contributed by atoms with Crippen LogP contribution in [0.15, 0.2) is 59.9 Å². The van der Waals surface area contributed by atoms with Crippen LogP contribution in [0.2, 0.25) is 0 Å². The standard InChI is InChI=1S/C18H17N3OS/c1-23-18-15(8-4-11-21-18)17(22)20-12-9-14-6-2-5-13-7-3-10-19-16(13)14/h2-8,10-11H,9,12H2,1H3,(H,20,22). The largest absolute Gasteiger partial charge is 0.352 e. The first-order valence-corrected chi connectivity index (χ1v) is 8.62. The average Bonchev–Trinajstić information content (AvgIpc) is 2.61. The maximum absolute atomic E-state index is 12.3. The number of pyridine rings is 2. The molecule has 0 bridgehead atoms. The molecule has 2 heterocycles. The summed E-state index contributed by atoms with van der Waals surface area (Å²) in [5.74, 6) is -0.0874. The van der Waals surface area contributed by atoms with E-state index in [1.165, 1.54) is 11.8 Å². The quantitative estimate of drug-likeness (QED) is 0.732. The fourth-order valence-electron chi connectivity index (χ4n) is 2.50. The van der Waals surface area contributed by atoms with E-state index < -0.39 is 0 Å². The van der Waals surface area contributed by atoms with E-state index in [9.17, 15) is 4.79 Å². The number of amides is 1. The molecule has 0 fully saturated rings. The number of benzene rings is 1. The molecule has 3 aromatic rings. The molecule has 0 spiro atoms. The van der Waals surface area contributed by atoms with Crippen LogP contribution in [-0.2, 0) is 6.42 Å². The Bertz CT molecular complexity index is 830. The molecule has 116 valence electrons. The van der Waals surface area contributed by atoms with Gasteiger partial charge in [0, 0.05) is 24.3 Å². The van der Waals surface area contributed by atoms with Gasteiger partial charge in [-0.1, -0.05) is 24.3 Å². The van der Waals surface area contributed by atoms with E-state index in [1.54, 1.807) is 24.5 Å².